The summed E-state index contributed by atoms with van der Waals surface area (Å²) in [7, 11) is 0. The molecule has 1 aromatic rings. The van der Waals surface area contributed by atoms with Gasteiger partial charge in [0.1, 0.15) is 6.04 Å². The van der Waals surface area contributed by atoms with Crippen molar-refractivity contribution in [3.05, 3.63) is 48.0 Å². The molecular weight excluding hydrogens is 432 g/mol. The summed E-state index contributed by atoms with van der Waals surface area (Å²) in [4.78, 5) is 27.5. The number of hydrogen-bond donors (Lipinski definition) is 1. The number of carbonyl (C=O) groups is 2. The number of hydrogen-bond acceptors (Lipinski definition) is 2. The van der Waals surface area contributed by atoms with E-state index in [9.17, 15) is 9.59 Å². The molecule has 4 heteroatoms. The molecule has 1 aromatic carbocycles. The van der Waals surface area contributed by atoms with Gasteiger partial charge in [-0.2, -0.15) is 0 Å². The molecule has 0 saturated carbocycles. The monoisotopic (exact) mass is 482 g/mol. The first-order valence-electron chi connectivity index (χ1n) is 14.5. The standard InChI is InChI=1S/C31H50N2O2/c1-2-3-4-5-6-7-8-9-10-11-12-13-14-15-19-24-30(34)32-29(27-28-22-17-16-18-23-28)31(35)33-25-20-21-26-33/h9-10,16-18,22-23,29H,2-8,11-15,19-21,24-27H2,1H3,(H,32,34)/b10-9-/t29-/m0/s1. The van der Waals surface area contributed by atoms with Crippen molar-refractivity contribution in [3.63, 3.8) is 0 Å². The van der Waals surface area contributed by atoms with Gasteiger partial charge in [0.15, 0.2) is 0 Å². The Hall–Kier alpha value is -2.10. The number of amides is 2. The molecule has 1 fully saturated rings. The van der Waals surface area contributed by atoms with E-state index in [0.29, 0.717) is 12.8 Å². The van der Waals surface area contributed by atoms with Gasteiger partial charge in [-0.25, -0.2) is 0 Å². The molecule has 35 heavy (non-hydrogen) atoms. The molecule has 0 unspecified atom stereocenters. The fraction of sp³-hybridized carbons (Fsp3) is 0.677. The van der Waals surface area contributed by atoms with Crippen molar-refractivity contribution in [1.82, 2.24) is 10.2 Å². The number of likely N-dealkylation sites (tertiary alicyclic amines) is 1. The largest absolute Gasteiger partial charge is 0.344 e. The minimum absolute atomic E-state index is 0.0103. The van der Waals surface area contributed by atoms with Gasteiger partial charge in [-0.15, -0.1) is 0 Å². The van der Waals surface area contributed by atoms with E-state index in [4.69, 9.17) is 0 Å². The second-order valence-corrected chi connectivity index (χ2v) is 10.2. The van der Waals surface area contributed by atoms with Gasteiger partial charge >= 0.3 is 0 Å². The van der Waals surface area contributed by atoms with E-state index in [0.717, 1.165) is 44.3 Å². The second kappa shape index (κ2) is 19.1. The highest BCUT2D eigenvalue weighted by atomic mass is 16.2. The quantitative estimate of drug-likeness (QED) is 0.165. The molecule has 0 radical (unpaired) electrons. The molecule has 1 atom stereocenters. The third-order valence-electron chi connectivity index (χ3n) is 7.00. The predicted octanol–water partition coefficient (Wildman–Crippen LogP) is 7.37. The van der Waals surface area contributed by atoms with Crippen LogP contribution in [0, 0.1) is 0 Å². The molecule has 0 bridgehead atoms. The van der Waals surface area contributed by atoms with Crippen LogP contribution in [0.1, 0.15) is 115 Å². The molecular formula is C31H50N2O2. The number of benzene rings is 1. The third-order valence-corrected chi connectivity index (χ3v) is 7.00. The maximum atomic E-state index is 13.0. The van der Waals surface area contributed by atoms with E-state index in [-0.39, 0.29) is 11.8 Å². The molecule has 2 rings (SSSR count). The van der Waals surface area contributed by atoms with Crippen LogP contribution in [-0.2, 0) is 16.0 Å². The van der Waals surface area contributed by atoms with Crippen LogP contribution in [0.3, 0.4) is 0 Å². The molecule has 0 aromatic heterocycles. The summed E-state index contributed by atoms with van der Waals surface area (Å²) in [6.07, 6.45) is 24.1. The average molecular weight is 483 g/mol. The molecule has 1 N–H and O–H groups in total. The van der Waals surface area contributed by atoms with Gasteiger partial charge in [0.2, 0.25) is 11.8 Å². The Morgan fingerprint density at radius 2 is 1.40 bits per heavy atom. The van der Waals surface area contributed by atoms with Crippen LogP contribution in [-0.4, -0.2) is 35.8 Å². The number of allylic oxidation sites excluding steroid dienone is 2. The summed E-state index contributed by atoms with van der Waals surface area (Å²) in [5, 5.41) is 3.05. The minimum atomic E-state index is -0.453. The van der Waals surface area contributed by atoms with Crippen molar-refractivity contribution in [3.8, 4) is 0 Å². The van der Waals surface area contributed by atoms with Gasteiger partial charge in [-0.05, 0) is 50.5 Å². The average Bonchev–Trinajstić information content (AvgIpc) is 3.41. The van der Waals surface area contributed by atoms with Crippen LogP contribution in [0.5, 0.6) is 0 Å². The molecule has 2 amide bonds. The van der Waals surface area contributed by atoms with Crippen LogP contribution < -0.4 is 5.32 Å². The first-order chi connectivity index (χ1) is 17.2. The van der Waals surface area contributed by atoms with Crippen molar-refractivity contribution in [2.24, 2.45) is 0 Å². The van der Waals surface area contributed by atoms with E-state index in [2.05, 4.69) is 24.4 Å². The minimum Gasteiger partial charge on any atom is -0.344 e. The molecule has 1 aliphatic rings. The van der Waals surface area contributed by atoms with Crippen molar-refractivity contribution in [2.45, 2.75) is 122 Å². The summed E-state index contributed by atoms with van der Waals surface area (Å²) < 4.78 is 0. The number of rotatable bonds is 19. The maximum absolute atomic E-state index is 13.0. The molecule has 4 nitrogen and oxygen atoms in total. The van der Waals surface area contributed by atoms with E-state index in [1.54, 1.807) is 0 Å². The highest BCUT2D eigenvalue weighted by Gasteiger charge is 2.27. The SMILES string of the molecule is CCCCCCCC/C=C\CCCCCCCC(=O)N[C@@H](Cc1ccccc1)C(=O)N1CCCC1. The van der Waals surface area contributed by atoms with Crippen LogP contribution >= 0.6 is 0 Å². The molecule has 196 valence electrons. The Balaban J connectivity index is 1.54. The predicted molar refractivity (Wildman–Crippen MR) is 147 cm³/mol. The topological polar surface area (TPSA) is 49.4 Å². The Bertz CT molecular complexity index is 710. The molecule has 0 spiro atoms. The van der Waals surface area contributed by atoms with Crippen molar-refractivity contribution in [1.29, 1.82) is 0 Å². The summed E-state index contributed by atoms with van der Waals surface area (Å²) in [6.45, 7) is 3.89. The molecule has 1 saturated heterocycles. The number of nitrogens with zero attached hydrogens (tertiary/aromatic N) is 1. The number of nitrogens with one attached hydrogen (secondary N) is 1. The third kappa shape index (κ3) is 13.5. The lowest BCUT2D eigenvalue weighted by atomic mass is 10.0. The number of carbonyl (C=O) groups excluding carboxylic acids is 2. The van der Waals surface area contributed by atoms with E-state index < -0.39 is 6.04 Å². The first kappa shape index (κ1) is 29.1. The lowest BCUT2D eigenvalue weighted by molar-refractivity contribution is -0.135. The molecule has 1 aliphatic heterocycles. The summed E-state index contributed by atoms with van der Waals surface area (Å²) in [5.41, 5.74) is 1.09. The highest BCUT2D eigenvalue weighted by molar-refractivity contribution is 5.88. The van der Waals surface area contributed by atoms with E-state index in [1.807, 2.05) is 35.2 Å². The number of unbranched alkanes of at least 4 members (excludes halogenated alkanes) is 11. The lowest BCUT2D eigenvalue weighted by Crippen LogP contribution is -2.48. The maximum Gasteiger partial charge on any atom is 0.245 e. The second-order valence-electron chi connectivity index (χ2n) is 10.2. The normalized spacial score (nSPS) is 14.5. The summed E-state index contributed by atoms with van der Waals surface area (Å²) in [6, 6.07) is 9.55. The highest BCUT2D eigenvalue weighted by Crippen LogP contribution is 2.14. The Kier molecular flexibility index (Phi) is 15.9. The molecule has 1 heterocycles. The zero-order chi connectivity index (χ0) is 25.0. The fourth-order valence-corrected chi connectivity index (χ4v) is 4.83. The zero-order valence-electron chi connectivity index (χ0n) is 22.3. The fourth-order valence-electron chi connectivity index (χ4n) is 4.83. The van der Waals surface area contributed by atoms with Gasteiger partial charge in [-0.3, -0.25) is 9.59 Å². The van der Waals surface area contributed by atoms with Crippen molar-refractivity contribution in [2.75, 3.05) is 13.1 Å². The zero-order valence-corrected chi connectivity index (χ0v) is 22.3. The Morgan fingerprint density at radius 1 is 0.829 bits per heavy atom. The van der Waals surface area contributed by atoms with Gasteiger partial charge < -0.3 is 10.2 Å². The van der Waals surface area contributed by atoms with Crippen molar-refractivity contribution < 1.29 is 9.59 Å². The van der Waals surface area contributed by atoms with Crippen LogP contribution in [0.25, 0.3) is 0 Å². The van der Waals surface area contributed by atoms with Crippen LogP contribution in [0.2, 0.25) is 0 Å². The van der Waals surface area contributed by atoms with E-state index in [1.165, 1.54) is 70.6 Å². The van der Waals surface area contributed by atoms with Crippen LogP contribution in [0.4, 0.5) is 0 Å². The van der Waals surface area contributed by atoms with Gasteiger partial charge in [-0.1, -0.05) is 101 Å². The Labute approximate surface area is 214 Å². The Morgan fingerprint density at radius 3 is 2.03 bits per heavy atom. The lowest BCUT2D eigenvalue weighted by Gasteiger charge is -2.24. The van der Waals surface area contributed by atoms with Gasteiger partial charge in [0.25, 0.3) is 0 Å². The van der Waals surface area contributed by atoms with E-state index >= 15 is 0 Å². The summed E-state index contributed by atoms with van der Waals surface area (Å²) in [5.74, 6) is 0.0837. The van der Waals surface area contributed by atoms with Gasteiger partial charge in [0, 0.05) is 25.9 Å². The first-order valence-corrected chi connectivity index (χ1v) is 14.5. The van der Waals surface area contributed by atoms with Crippen molar-refractivity contribution >= 4 is 11.8 Å². The van der Waals surface area contributed by atoms with Crippen LogP contribution in [0.15, 0.2) is 42.5 Å². The van der Waals surface area contributed by atoms with Gasteiger partial charge in [0.05, 0.1) is 0 Å². The summed E-state index contributed by atoms with van der Waals surface area (Å²) >= 11 is 0. The molecule has 0 aliphatic carbocycles. The smallest absolute Gasteiger partial charge is 0.245 e.